The van der Waals surface area contributed by atoms with E-state index in [-0.39, 0.29) is 5.91 Å². The molecule has 1 aromatic heterocycles. The minimum Gasteiger partial charge on any atom is -0.441 e. The fraction of sp³-hybridized carbons (Fsp3) is 0.467. The van der Waals surface area contributed by atoms with Crippen LogP contribution >= 0.6 is 0 Å². The Morgan fingerprint density at radius 2 is 2.20 bits per heavy atom. The fourth-order valence-electron chi connectivity index (χ4n) is 2.57. The number of piperazine rings is 1. The number of aryl methyl sites for hydroxylation is 2. The largest absolute Gasteiger partial charge is 0.441 e. The maximum atomic E-state index is 12.1. The lowest BCUT2D eigenvalue weighted by atomic mass is 10.1. The van der Waals surface area contributed by atoms with Crippen molar-refractivity contribution in [2.75, 3.05) is 26.2 Å². The summed E-state index contributed by atoms with van der Waals surface area (Å²) in [4.78, 5) is 18.4. The second-order valence-corrected chi connectivity index (χ2v) is 5.17. The first-order valence-electron chi connectivity index (χ1n) is 7.07. The van der Waals surface area contributed by atoms with Gasteiger partial charge in [-0.2, -0.15) is 0 Å². The molecule has 20 heavy (non-hydrogen) atoms. The molecule has 2 heterocycles. The van der Waals surface area contributed by atoms with E-state index in [0.29, 0.717) is 12.3 Å². The number of nitrogens with one attached hydrogen (secondary N) is 1. The molecule has 106 valence electrons. The summed E-state index contributed by atoms with van der Waals surface area (Å²) in [5.74, 6) is 0.914. The molecule has 3 rings (SSSR count). The van der Waals surface area contributed by atoms with Crippen molar-refractivity contribution in [3.63, 3.8) is 0 Å². The van der Waals surface area contributed by atoms with Crippen molar-refractivity contribution in [1.29, 1.82) is 0 Å². The van der Waals surface area contributed by atoms with Gasteiger partial charge in [-0.25, -0.2) is 4.98 Å². The first-order valence-corrected chi connectivity index (χ1v) is 7.07. The number of hydrogen-bond donors (Lipinski definition) is 1. The number of amides is 1. The number of oxazole rings is 1. The van der Waals surface area contributed by atoms with Crippen molar-refractivity contribution >= 4 is 17.0 Å². The molecule has 1 aliphatic rings. The highest BCUT2D eigenvalue weighted by atomic mass is 16.3. The van der Waals surface area contributed by atoms with E-state index in [2.05, 4.69) is 10.3 Å². The van der Waals surface area contributed by atoms with Crippen LogP contribution in [-0.4, -0.2) is 42.0 Å². The topological polar surface area (TPSA) is 58.4 Å². The normalized spacial score (nSPS) is 15.8. The van der Waals surface area contributed by atoms with Gasteiger partial charge in [0.2, 0.25) is 5.91 Å². The zero-order chi connectivity index (χ0) is 13.9. The number of carbonyl (C=O) groups is 1. The number of aromatic nitrogens is 1. The van der Waals surface area contributed by atoms with E-state index >= 15 is 0 Å². The Hall–Kier alpha value is -1.88. The van der Waals surface area contributed by atoms with Crippen molar-refractivity contribution in [1.82, 2.24) is 15.2 Å². The van der Waals surface area contributed by atoms with Crippen LogP contribution < -0.4 is 5.32 Å². The molecule has 0 aliphatic carbocycles. The molecule has 2 aromatic rings. The number of benzene rings is 1. The van der Waals surface area contributed by atoms with Gasteiger partial charge >= 0.3 is 0 Å². The Kier molecular flexibility index (Phi) is 3.69. The lowest BCUT2D eigenvalue weighted by Crippen LogP contribution is -2.46. The third kappa shape index (κ3) is 2.82. The molecule has 1 fully saturated rings. The summed E-state index contributed by atoms with van der Waals surface area (Å²) >= 11 is 0. The number of nitrogens with zero attached hydrogens (tertiary/aromatic N) is 2. The number of hydrogen-bond acceptors (Lipinski definition) is 4. The third-order valence-corrected chi connectivity index (χ3v) is 3.66. The monoisotopic (exact) mass is 273 g/mol. The van der Waals surface area contributed by atoms with Gasteiger partial charge in [0.1, 0.15) is 5.52 Å². The molecule has 0 spiro atoms. The Balaban J connectivity index is 1.62. The molecule has 0 radical (unpaired) electrons. The van der Waals surface area contributed by atoms with Gasteiger partial charge < -0.3 is 14.6 Å². The molecule has 1 saturated heterocycles. The van der Waals surface area contributed by atoms with Crippen molar-refractivity contribution < 1.29 is 9.21 Å². The van der Waals surface area contributed by atoms with Gasteiger partial charge in [0.05, 0.1) is 0 Å². The number of fused-ring (bicyclic) bond motifs is 1. The summed E-state index contributed by atoms with van der Waals surface area (Å²) in [6.45, 7) is 5.28. The van der Waals surface area contributed by atoms with Gasteiger partial charge in [0.15, 0.2) is 11.5 Å². The summed E-state index contributed by atoms with van der Waals surface area (Å²) in [6.07, 6.45) is 1.31. The van der Waals surface area contributed by atoms with Gasteiger partial charge in [0, 0.05) is 39.5 Å². The Morgan fingerprint density at radius 3 is 3.00 bits per heavy atom. The van der Waals surface area contributed by atoms with Crippen LogP contribution in [0.2, 0.25) is 0 Å². The zero-order valence-corrected chi connectivity index (χ0v) is 11.7. The number of rotatable bonds is 3. The van der Waals surface area contributed by atoms with Crippen molar-refractivity contribution in [2.24, 2.45) is 0 Å². The highest BCUT2D eigenvalue weighted by molar-refractivity contribution is 5.77. The van der Waals surface area contributed by atoms with Crippen LogP contribution in [0.3, 0.4) is 0 Å². The van der Waals surface area contributed by atoms with Crippen LogP contribution in [0.5, 0.6) is 0 Å². The SMILES string of the molecule is Cc1nc2cc(CCC(=O)N3CCNCC3)ccc2o1. The molecule has 1 N–H and O–H groups in total. The molecular formula is C15H19N3O2. The highest BCUT2D eigenvalue weighted by Gasteiger charge is 2.15. The van der Waals surface area contributed by atoms with Crippen LogP contribution in [0.25, 0.3) is 11.1 Å². The minimum atomic E-state index is 0.239. The summed E-state index contributed by atoms with van der Waals surface area (Å²) in [7, 11) is 0. The van der Waals surface area contributed by atoms with Gasteiger partial charge in [-0.1, -0.05) is 6.07 Å². The molecule has 0 atom stereocenters. The van der Waals surface area contributed by atoms with Crippen LogP contribution in [0, 0.1) is 6.92 Å². The quantitative estimate of drug-likeness (QED) is 0.920. The fourth-order valence-corrected chi connectivity index (χ4v) is 2.57. The average Bonchev–Trinajstić information content (AvgIpc) is 2.85. The highest BCUT2D eigenvalue weighted by Crippen LogP contribution is 2.17. The second kappa shape index (κ2) is 5.63. The number of carbonyl (C=O) groups excluding carboxylic acids is 1. The summed E-state index contributed by atoms with van der Waals surface area (Å²) in [5, 5.41) is 3.25. The Labute approximate surface area is 118 Å². The predicted molar refractivity (Wildman–Crippen MR) is 76.5 cm³/mol. The van der Waals surface area contributed by atoms with Crippen LogP contribution in [0.15, 0.2) is 22.6 Å². The first-order chi connectivity index (χ1) is 9.72. The van der Waals surface area contributed by atoms with Crippen LogP contribution in [-0.2, 0) is 11.2 Å². The maximum Gasteiger partial charge on any atom is 0.222 e. The molecule has 0 unspecified atom stereocenters. The van der Waals surface area contributed by atoms with E-state index in [1.807, 2.05) is 30.0 Å². The molecule has 1 aromatic carbocycles. The molecule has 0 bridgehead atoms. The van der Waals surface area contributed by atoms with E-state index in [9.17, 15) is 4.79 Å². The lowest BCUT2D eigenvalue weighted by molar-refractivity contribution is -0.131. The average molecular weight is 273 g/mol. The van der Waals surface area contributed by atoms with Gasteiger partial charge in [-0.15, -0.1) is 0 Å². The Bertz CT molecular complexity index is 615. The van der Waals surface area contributed by atoms with E-state index in [0.717, 1.165) is 49.3 Å². The van der Waals surface area contributed by atoms with Crippen molar-refractivity contribution in [3.05, 3.63) is 29.7 Å². The molecule has 0 saturated carbocycles. The van der Waals surface area contributed by atoms with Crippen LogP contribution in [0.4, 0.5) is 0 Å². The smallest absolute Gasteiger partial charge is 0.222 e. The predicted octanol–water partition coefficient (Wildman–Crippen LogP) is 1.50. The Morgan fingerprint density at radius 1 is 1.40 bits per heavy atom. The standard InChI is InChI=1S/C15H19N3O2/c1-11-17-13-10-12(2-4-14(13)20-11)3-5-15(19)18-8-6-16-7-9-18/h2,4,10,16H,3,5-9H2,1H3. The van der Waals surface area contributed by atoms with Gasteiger partial charge in [-0.3, -0.25) is 4.79 Å². The van der Waals surface area contributed by atoms with E-state index in [1.54, 1.807) is 0 Å². The summed E-state index contributed by atoms with van der Waals surface area (Å²) in [6, 6.07) is 5.95. The summed E-state index contributed by atoms with van der Waals surface area (Å²) < 4.78 is 5.45. The molecule has 1 amide bonds. The zero-order valence-electron chi connectivity index (χ0n) is 11.7. The maximum absolute atomic E-state index is 12.1. The lowest BCUT2D eigenvalue weighted by Gasteiger charge is -2.27. The molecular weight excluding hydrogens is 254 g/mol. The van der Waals surface area contributed by atoms with E-state index in [4.69, 9.17) is 4.42 Å². The first kappa shape index (κ1) is 13.1. The van der Waals surface area contributed by atoms with E-state index in [1.165, 1.54) is 0 Å². The van der Waals surface area contributed by atoms with Crippen LogP contribution in [0.1, 0.15) is 17.9 Å². The third-order valence-electron chi connectivity index (χ3n) is 3.66. The molecule has 5 nitrogen and oxygen atoms in total. The van der Waals surface area contributed by atoms with E-state index < -0.39 is 0 Å². The minimum absolute atomic E-state index is 0.239. The van der Waals surface area contributed by atoms with Gasteiger partial charge in [-0.05, 0) is 24.1 Å². The molecule has 1 aliphatic heterocycles. The van der Waals surface area contributed by atoms with Crippen molar-refractivity contribution in [2.45, 2.75) is 19.8 Å². The second-order valence-electron chi connectivity index (χ2n) is 5.17. The summed E-state index contributed by atoms with van der Waals surface area (Å²) in [5.41, 5.74) is 2.81. The molecule has 5 heteroatoms. The van der Waals surface area contributed by atoms with Crippen molar-refractivity contribution in [3.8, 4) is 0 Å². The van der Waals surface area contributed by atoms with Gasteiger partial charge in [0.25, 0.3) is 0 Å².